The van der Waals surface area contributed by atoms with Gasteiger partial charge in [0.1, 0.15) is 11.4 Å². The molecule has 1 amide bonds. The maximum absolute atomic E-state index is 12.3. The molecule has 2 aromatic heterocycles. The van der Waals surface area contributed by atoms with Crippen LogP contribution in [0.25, 0.3) is 11.6 Å². The van der Waals surface area contributed by atoms with Crippen molar-refractivity contribution >= 4 is 21.8 Å². The number of carbonyl (C=O) groups excluding carboxylic acids is 1. The predicted octanol–water partition coefficient (Wildman–Crippen LogP) is 1.98. The van der Waals surface area contributed by atoms with Crippen LogP contribution >= 0.6 is 0 Å². The van der Waals surface area contributed by atoms with E-state index >= 15 is 0 Å². The Kier molecular flexibility index (Phi) is 5.97. The van der Waals surface area contributed by atoms with Crippen LogP contribution in [-0.2, 0) is 21.7 Å². The van der Waals surface area contributed by atoms with Gasteiger partial charge in [0, 0.05) is 19.2 Å². The third-order valence-corrected chi connectivity index (χ3v) is 6.06. The molecule has 0 aliphatic rings. The van der Waals surface area contributed by atoms with Crippen molar-refractivity contribution < 1.29 is 22.4 Å². The standard InChI is InChI=1S/C18H21N5O5S/c1-12-11-15(22-23(12)2)17-20-21-18(28-17)19-16(24)5-4-10-29(25,26)14-8-6-13(27-3)7-9-14/h6-9,11H,4-5,10H2,1-3H3,(H,19,21,24). The average Bonchev–Trinajstić information content (AvgIpc) is 3.28. The van der Waals surface area contributed by atoms with Gasteiger partial charge in [-0.2, -0.15) is 5.10 Å². The van der Waals surface area contributed by atoms with Gasteiger partial charge in [-0.1, -0.05) is 5.10 Å². The lowest BCUT2D eigenvalue weighted by Gasteiger charge is -2.05. The molecule has 1 N–H and O–H groups in total. The van der Waals surface area contributed by atoms with Gasteiger partial charge in [0.2, 0.25) is 5.91 Å². The number of nitrogens with one attached hydrogen (secondary N) is 1. The van der Waals surface area contributed by atoms with E-state index in [1.165, 1.54) is 19.2 Å². The van der Waals surface area contributed by atoms with E-state index in [1.54, 1.807) is 29.9 Å². The van der Waals surface area contributed by atoms with E-state index in [-0.39, 0.29) is 35.4 Å². The number of hydrogen-bond donors (Lipinski definition) is 1. The van der Waals surface area contributed by atoms with Gasteiger partial charge < -0.3 is 9.15 Å². The fraction of sp³-hybridized carbons (Fsp3) is 0.333. The fourth-order valence-electron chi connectivity index (χ4n) is 2.55. The Morgan fingerprint density at radius 1 is 1.24 bits per heavy atom. The number of amides is 1. The lowest BCUT2D eigenvalue weighted by Crippen LogP contribution is -2.14. The molecule has 2 heterocycles. The normalized spacial score (nSPS) is 11.4. The van der Waals surface area contributed by atoms with E-state index in [4.69, 9.17) is 9.15 Å². The number of aromatic nitrogens is 4. The molecule has 10 nitrogen and oxygen atoms in total. The number of methoxy groups -OCH3 is 1. The first-order valence-corrected chi connectivity index (χ1v) is 10.4. The number of carbonyl (C=O) groups is 1. The Hall–Kier alpha value is -3.21. The minimum atomic E-state index is -3.49. The van der Waals surface area contributed by atoms with Crippen LogP contribution in [0.2, 0.25) is 0 Å². The summed E-state index contributed by atoms with van der Waals surface area (Å²) in [5.41, 5.74) is 1.42. The summed E-state index contributed by atoms with van der Waals surface area (Å²) in [7, 11) is -0.190. The van der Waals surface area contributed by atoms with E-state index in [9.17, 15) is 13.2 Å². The average molecular weight is 419 g/mol. The molecule has 0 saturated heterocycles. The lowest BCUT2D eigenvalue weighted by molar-refractivity contribution is -0.116. The van der Waals surface area contributed by atoms with Crippen molar-refractivity contribution in [1.29, 1.82) is 0 Å². The van der Waals surface area contributed by atoms with Crippen LogP contribution in [0.1, 0.15) is 18.5 Å². The molecule has 0 bridgehead atoms. The van der Waals surface area contributed by atoms with E-state index in [0.717, 1.165) is 5.69 Å². The lowest BCUT2D eigenvalue weighted by atomic mass is 10.3. The molecule has 0 aliphatic carbocycles. The Balaban J connectivity index is 1.52. The quantitative estimate of drug-likeness (QED) is 0.587. The zero-order valence-corrected chi connectivity index (χ0v) is 17.1. The molecule has 0 fully saturated rings. The van der Waals surface area contributed by atoms with Crippen LogP contribution in [0, 0.1) is 6.92 Å². The van der Waals surface area contributed by atoms with E-state index < -0.39 is 15.7 Å². The molecule has 11 heteroatoms. The maximum Gasteiger partial charge on any atom is 0.322 e. The molecule has 0 atom stereocenters. The van der Waals surface area contributed by atoms with Gasteiger partial charge in [0.15, 0.2) is 9.84 Å². The summed E-state index contributed by atoms with van der Waals surface area (Å²) in [5.74, 6) is 0.186. The first kappa shape index (κ1) is 20.5. The summed E-state index contributed by atoms with van der Waals surface area (Å²) < 4.78 is 36.7. The molecule has 0 spiro atoms. The molecule has 0 aliphatic heterocycles. The summed E-state index contributed by atoms with van der Waals surface area (Å²) >= 11 is 0. The first-order valence-electron chi connectivity index (χ1n) is 8.79. The van der Waals surface area contributed by atoms with Gasteiger partial charge in [0.25, 0.3) is 5.89 Å². The van der Waals surface area contributed by atoms with Gasteiger partial charge in [-0.25, -0.2) is 8.42 Å². The maximum atomic E-state index is 12.3. The number of hydrogen-bond acceptors (Lipinski definition) is 8. The second-order valence-corrected chi connectivity index (χ2v) is 8.46. The third kappa shape index (κ3) is 4.99. The van der Waals surface area contributed by atoms with Crippen molar-refractivity contribution in [3.63, 3.8) is 0 Å². The summed E-state index contributed by atoms with van der Waals surface area (Å²) in [6.07, 6.45) is 0.149. The van der Waals surface area contributed by atoms with Gasteiger partial charge in [-0.05, 0) is 43.7 Å². The molecular formula is C18H21N5O5S. The number of anilines is 1. The van der Waals surface area contributed by atoms with E-state index in [2.05, 4.69) is 20.6 Å². The van der Waals surface area contributed by atoms with Crippen molar-refractivity contribution in [2.45, 2.75) is 24.7 Å². The SMILES string of the molecule is COc1ccc(S(=O)(=O)CCCC(=O)Nc2nnc(-c3cc(C)n(C)n3)o2)cc1. The largest absolute Gasteiger partial charge is 0.497 e. The summed E-state index contributed by atoms with van der Waals surface area (Å²) in [4.78, 5) is 12.2. The molecule has 154 valence electrons. The van der Waals surface area contributed by atoms with E-state index in [1.807, 2.05) is 6.92 Å². The van der Waals surface area contributed by atoms with Crippen molar-refractivity contribution in [3.05, 3.63) is 36.0 Å². The number of sulfone groups is 1. The zero-order chi connectivity index (χ0) is 21.0. The molecule has 0 saturated carbocycles. The van der Waals surface area contributed by atoms with Gasteiger partial charge in [0.05, 0.1) is 17.8 Å². The highest BCUT2D eigenvalue weighted by Crippen LogP contribution is 2.20. The molecule has 29 heavy (non-hydrogen) atoms. The Labute approximate surface area is 167 Å². The van der Waals surface area contributed by atoms with Crippen LogP contribution in [0.5, 0.6) is 5.75 Å². The highest BCUT2D eigenvalue weighted by Gasteiger charge is 2.17. The van der Waals surface area contributed by atoms with E-state index in [0.29, 0.717) is 11.4 Å². The monoisotopic (exact) mass is 419 g/mol. The molecule has 0 radical (unpaired) electrons. The molecule has 0 unspecified atom stereocenters. The minimum absolute atomic E-state index is 0.00417. The molecule has 3 rings (SSSR count). The Morgan fingerprint density at radius 3 is 2.59 bits per heavy atom. The second-order valence-electron chi connectivity index (χ2n) is 6.35. The molecule has 3 aromatic rings. The zero-order valence-electron chi connectivity index (χ0n) is 16.2. The third-order valence-electron chi connectivity index (χ3n) is 4.24. The number of ether oxygens (including phenoxy) is 1. The molecular weight excluding hydrogens is 398 g/mol. The predicted molar refractivity (Wildman–Crippen MR) is 104 cm³/mol. The van der Waals surface area contributed by atoms with Crippen LogP contribution in [0.15, 0.2) is 39.6 Å². The highest BCUT2D eigenvalue weighted by atomic mass is 32.2. The summed E-state index contributed by atoms with van der Waals surface area (Å²) in [6, 6.07) is 7.84. The smallest absolute Gasteiger partial charge is 0.322 e. The number of aryl methyl sites for hydroxylation is 2. The fourth-order valence-corrected chi connectivity index (χ4v) is 3.86. The number of rotatable bonds is 8. The van der Waals surface area contributed by atoms with Gasteiger partial charge in [-0.3, -0.25) is 14.8 Å². The van der Waals surface area contributed by atoms with Crippen LogP contribution in [0.3, 0.4) is 0 Å². The summed E-state index contributed by atoms with van der Waals surface area (Å²) in [6.45, 7) is 1.88. The summed E-state index contributed by atoms with van der Waals surface area (Å²) in [5, 5.41) is 14.3. The number of nitrogens with zero attached hydrogens (tertiary/aromatic N) is 4. The van der Waals surface area contributed by atoms with Crippen molar-refractivity contribution in [1.82, 2.24) is 20.0 Å². The van der Waals surface area contributed by atoms with Crippen molar-refractivity contribution in [2.24, 2.45) is 7.05 Å². The number of benzene rings is 1. The van der Waals surface area contributed by atoms with Crippen LogP contribution in [-0.4, -0.2) is 47.2 Å². The van der Waals surface area contributed by atoms with Crippen molar-refractivity contribution in [2.75, 3.05) is 18.2 Å². The Bertz CT molecular complexity index is 1080. The first-order chi connectivity index (χ1) is 13.8. The van der Waals surface area contributed by atoms with Crippen LogP contribution in [0.4, 0.5) is 6.01 Å². The molecule has 1 aromatic carbocycles. The Morgan fingerprint density at radius 2 is 1.97 bits per heavy atom. The minimum Gasteiger partial charge on any atom is -0.497 e. The topological polar surface area (TPSA) is 129 Å². The highest BCUT2D eigenvalue weighted by molar-refractivity contribution is 7.91. The van der Waals surface area contributed by atoms with Crippen LogP contribution < -0.4 is 10.1 Å². The van der Waals surface area contributed by atoms with Gasteiger partial charge in [-0.15, -0.1) is 5.10 Å². The van der Waals surface area contributed by atoms with Gasteiger partial charge >= 0.3 is 6.01 Å². The van der Waals surface area contributed by atoms with Crippen molar-refractivity contribution in [3.8, 4) is 17.3 Å². The second kappa shape index (κ2) is 8.43.